The van der Waals surface area contributed by atoms with Gasteiger partial charge in [0, 0.05) is 23.9 Å². The maximum absolute atomic E-state index is 12.2. The molecule has 1 aromatic heterocycles. The van der Waals surface area contributed by atoms with Crippen LogP contribution in [0.5, 0.6) is 17.2 Å². The Bertz CT molecular complexity index is 1180. The van der Waals surface area contributed by atoms with E-state index >= 15 is 0 Å². The summed E-state index contributed by atoms with van der Waals surface area (Å²) in [4.78, 5) is 12.2. The number of carbonyl (C=O) groups is 1. The lowest BCUT2D eigenvalue weighted by Crippen LogP contribution is -2.19. The van der Waals surface area contributed by atoms with E-state index in [9.17, 15) is 4.79 Å². The summed E-state index contributed by atoms with van der Waals surface area (Å²) in [5, 5.41) is 13.2. The molecule has 0 aliphatic rings. The van der Waals surface area contributed by atoms with Crippen molar-refractivity contribution in [3.8, 4) is 28.6 Å². The Morgan fingerprint density at radius 3 is 2.56 bits per heavy atom. The van der Waals surface area contributed by atoms with Crippen LogP contribution >= 0.6 is 11.8 Å². The molecular formula is C24H27N5O4S. The average Bonchev–Trinajstić information content (AvgIpc) is 3.29. The van der Waals surface area contributed by atoms with Crippen LogP contribution in [0.3, 0.4) is 0 Å². The van der Waals surface area contributed by atoms with E-state index in [2.05, 4.69) is 20.7 Å². The summed E-state index contributed by atoms with van der Waals surface area (Å²) >= 11 is 1.29. The number of carbonyl (C=O) groups excluding carboxylic acids is 1. The minimum absolute atomic E-state index is 0.150. The predicted molar refractivity (Wildman–Crippen MR) is 134 cm³/mol. The van der Waals surface area contributed by atoms with Crippen LogP contribution in [0.15, 0.2) is 58.8 Å². The zero-order valence-electron chi connectivity index (χ0n) is 19.5. The molecule has 1 heterocycles. The van der Waals surface area contributed by atoms with Crippen LogP contribution in [0.2, 0.25) is 0 Å². The van der Waals surface area contributed by atoms with Crippen molar-refractivity contribution in [3.63, 3.8) is 0 Å². The molecule has 0 fully saturated rings. The number of thioether (sulfide) groups is 1. The van der Waals surface area contributed by atoms with Gasteiger partial charge in [-0.15, -0.1) is 10.2 Å². The number of benzene rings is 2. The number of allylic oxidation sites excluding steroid dienone is 1. The molecule has 0 aliphatic heterocycles. The highest BCUT2D eigenvalue weighted by Gasteiger charge is 2.16. The first-order valence-corrected chi connectivity index (χ1v) is 11.5. The summed E-state index contributed by atoms with van der Waals surface area (Å²) in [5.74, 6) is 2.60. The molecular weight excluding hydrogens is 454 g/mol. The molecule has 0 saturated carbocycles. The number of nitrogens with one attached hydrogen (secondary N) is 1. The molecule has 0 aliphatic carbocycles. The van der Waals surface area contributed by atoms with Gasteiger partial charge in [-0.1, -0.05) is 30.0 Å². The third-order valence-electron chi connectivity index (χ3n) is 4.77. The van der Waals surface area contributed by atoms with Crippen molar-refractivity contribution >= 4 is 30.0 Å². The van der Waals surface area contributed by atoms with Crippen molar-refractivity contribution in [1.29, 1.82) is 0 Å². The van der Waals surface area contributed by atoms with Gasteiger partial charge >= 0.3 is 0 Å². The third kappa shape index (κ3) is 6.16. The van der Waals surface area contributed by atoms with E-state index in [4.69, 9.17) is 14.2 Å². The lowest BCUT2D eigenvalue weighted by atomic mass is 10.2. The number of para-hydroxylation sites is 1. The normalized spacial score (nSPS) is 11.2. The Hall–Kier alpha value is -3.79. The van der Waals surface area contributed by atoms with Crippen molar-refractivity contribution < 1.29 is 19.0 Å². The van der Waals surface area contributed by atoms with Crippen molar-refractivity contribution in [2.45, 2.75) is 18.6 Å². The van der Waals surface area contributed by atoms with Gasteiger partial charge in [-0.3, -0.25) is 4.79 Å². The smallest absolute Gasteiger partial charge is 0.250 e. The number of ether oxygens (including phenoxy) is 3. The molecule has 0 unspecified atom stereocenters. The number of rotatable bonds is 11. The Morgan fingerprint density at radius 2 is 1.82 bits per heavy atom. The van der Waals surface area contributed by atoms with E-state index in [1.54, 1.807) is 27.4 Å². The average molecular weight is 482 g/mol. The molecule has 0 bridgehead atoms. The summed E-state index contributed by atoms with van der Waals surface area (Å²) in [6.45, 7) is 2.64. The minimum Gasteiger partial charge on any atom is -0.496 e. The van der Waals surface area contributed by atoms with E-state index in [-0.39, 0.29) is 11.7 Å². The number of methoxy groups -OCH3 is 3. The van der Waals surface area contributed by atoms with Gasteiger partial charge in [-0.25, -0.2) is 5.43 Å². The van der Waals surface area contributed by atoms with Crippen LogP contribution in [0.1, 0.15) is 12.5 Å². The van der Waals surface area contributed by atoms with Crippen LogP contribution in [0.4, 0.5) is 0 Å². The lowest BCUT2D eigenvalue weighted by molar-refractivity contribution is -0.118. The van der Waals surface area contributed by atoms with Crippen LogP contribution in [-0.4, -0.2) is 54.0 Å². The lowest BCUT2D eigenvalue weighted by Gasteiger charge is -2.10. The second-order valence-corrected chi connectivity index (χ2v) is 7.77. The highest BCUT2D eigenvalue weighted by Crippen LogP contribution is 2.32. The molecule has 0 saturated heterocycles. The Kier molecular flexibility index (Phi) is 9.10. The fraction of sp³-hybridized carbons (Fsp3) is 0.250. The fourth-order valence-electron chi connectivity index (χ4n) is 3.13. The second kappa shape index (κ2) is 12.4. The first kappa shape index (κ1) is 24.8. The number of amides is 1. The van der Waals surface area contributed by atoms with Crippen molar-refractivity contribution in [1.82, 2.24) is 20.2 Å². The molecule has 2 aromatic carbocycles. The van der Waals surface area contributed by atoms with E-state index < -0.39 is 0 Å². The van der Waals surface area contributed by atoms with Gasteiger partial charge in [0.2, 0.25) is 0 Å². The zero-order chi connectivity index (χ0) is 24.3. The molecule has 9 nitrogen and oxygen atoms in total. The molecule has 0 spiro atoms. The Morgan fingerprint density at radius 1 is 1.06 bits per heavy atom. The van der Waals surface area contributed by atoms with Gasteiger partial charge in [-0.05, 0) is 43.3 Å². The van der Waals surface area contributed by atoms with Crippen LogP contribution in [-0.2, 0) is 11.3 Å². The van der Waals surface area contributed by atoms with Crippen LogP contribution in [0.25, 0.3) is 17.5 Å². The Balaban J connectivity index is 1.58. The van der Waals surface area contributed by atoms with Crippen molar-refractivity contribution in [2.75, 3.05) is 27.1 Å². The number of aromatic nitrogens is 3. The van der Waals surface area contributed by atoms with Gasteiger partial charge < -0.3 is 18.8 Å². The van der Waals surface area contributed by atoms with Gasteiger partial charge in [0.05, 0.1) is 27.1 Å². The van der Waals surface area contributed by atoms with Gasteiger partial charge in [0.15, 0.2) is 22.5 Å². The largest absolute Gasteiger partial charge is 0.496 e. The van der Waals surface area contributed by atoms with Gasteiger partial charge in [0.25, 0.3) is 5.91 Å². The van der Waals surface area contributed by atoms with E-state index in [0.717, 1.165) is 16.9 Å². The van der Waals surface area contributed by atoms with Crippen LogP contribution < -0.4 is 19.6 Å². The highest BCUT2D eigenvalue weighted by atomic mass is 32.2. The monoisotopic (exact) mass is 481 g/mol. The molecule has 0 radical (unpaired) electrons. The first-order chi connectivity index (χ1) is 16.6. The standard InChI is InChI=1S/C24H27N5O4S/c1-5-29-23(18-12-13-20(32-3)21(15-18)33-4)27-28-24(29)34-16-22(30)26-25-14-8-10-17-9-6-7-11-19(17)31-2/h6-15H,5,16H2,1-4H3,(H,26,30). The molecule has 10 heteroatoms. The Labute approximate surface area is 202 Å². The number of nitrogens with zero attached hydrogens (tertiary/aromatic N) is 4. The second-order valence-electron chi connectivity index (χ2n) is 6.82. The topological polar surface area (TPSA) is 99.9 Å². The number of hydrogen-bond acceptors (Lipinski definition) is 8. The number of hydrazone groups is 1. The minimum atomic E-state index is -0.245. The summed E-state index contributed by atoms with van der Waals surface area (Å²) in [7, 11) is 4.80. The summed E-state index contributed by atoms with van der Waals surface area (Å²) in [5.41, 5.74) is 4.27. The molecule has 3 aromatic rings. The summed E-state index contributed by atoms with van der Waals surface area (Å²) in [6.07, 6.45) is 5.09. The number of hydrogen-bond donors (Lipinski definition) is 1. The van der Waals surface area contributed by atoms with Crippen molar-refractivity contribution in [3.05, 3.63) is 54.1 Å². The first-order valence-electron chi connectivity index (χ1n) is 10.5. The quantitative estimate of drug-likeness (QED) is 0.252. The zero-order valence-corrected chi connectivity index (χ0v) is 20.3. The SMILES string of the molecule is CCn1c(SCC(=O)NN=CC=Cc2ccccc2OC)nnc1-c1ccc(OC)c(OC)c1. The molecule has 34 heavy (non-hydrogen) atoms. The maximum Gasteiger partial charge on any atom is 0.250 e. The molecule has 3 rings (SSSR count). The molecule has 0 atom stereocenters. The third-order valence-corrected chi connectivity index (χ3v) is 5.74. The van der Waals surface area contributed by atoms with Gasteiger partial charge in [0.1, 0.15) is 5.75 Å². The molecule has 178 valence electrons. The summed E-state index contributed by atoms with van der Waals surface area (Å²) in [6, 6.07) is 13.2. The van der Waals surface area contributed by atoms with E-state index in [1.807, 2.05) is 60.0 Å². The maximum atomic E-state index is 12.2. The van der Waals surface area contributed by atoms with E-state index in [0.29, 0.717) is 29.0 Å². The fourth-order valence-corrected chi connectivity index (χ4v) is 3.93. The molecule has 1 N–H and O–H groups in total. The predicted octanol–water partition coefficient (Wildman–Crippen LogP) is 3.90. The molecule has 1 amide bonds. The van der Waals surface area contributed by atoms with E-state index in [1.165, 1.54) is 18.0 Å². The summed E-state index contributed by atoms with van der Waals surface area (Å²) < 4.78 is 17.9. The van der Waals surface area contributed by atoms with Crippen LogP contribution in [0, 0.1) is 0 Å². The van der Waals surface area contributed by atoms with Gasteiger partial charge in [-0.2, -0.15) is 5.10 Å². The highest BCUT2D eigenvalue weighted by molar-refractivity contribution is 7.99. The van der Waals surface area contributed by atoms with Crippen molar-refractivity contribution in [2.24, 2.45) is 5.10 Å².